The second-order valence-electron chi connectivity index (χ2n) is 5.53. The SMILES string of the molecule is OC[C@H]1O[C@H](O[C@@H]2[C@@H](O)[C@H](O)O[C@H](CO)[C@H]2O)[C@H](O)[C@@H](O)[C@@H]1O. The highest BCUT2D eigenvalue weighted by Gasteiger charge is 2.50. The highest BCUT2D eigenvalue weighted by atomic mass is 16.7. The minimum atomic E-state index is -1.76. The molecule has 136 valence electrons. The van der Waals surface area contributed by atoms with E-state index in [-0.39, 0.29) is 0 Å². The van der Waals surface area contributed by atoms with Gasteiger partial charge >= 0.3 is 0 Å². The number of hydrogen-bond donors (Lipinski definition) is 8. The Morgan fingerprint density at radius 3 is 1.78 bits per heavy atom. The lowest BCUT2D eigenvalue weighted by molar-refractivity contribution is -0.355. The number of aliphatic hydroxyl groups is 8. The summed E-state index contributed by atoms with van der Waals surface area (Å²) in [4.78, 5) is 0. The Balaban J connectivity index is 2.11. The minimum absolute atomic E-state index is 0.667. The van der Waals surface area contributed by atoms with Gasteiger partial charge in [-0.1, -0.05) is 0 Å². The largest absolute Gasteiger partial charge is 0.394 e. The summed E-state index contributed by atoms with van der Waals surface area (Å²) in [5, 5.41) is 76.8. The van der Waals surface area contributed by atoms with Crippen LogP contribution in [0.1, 0.15) is 0 Å². The Morgan fingerprint density at radius 2 is 1.22 bits per heavy atom. The highest BCUT2D eigenvalue weighted by molar-refractivity contribution is 4.93. The van der Waals surface area contributed by atoms with E-state index in [4.69, 9.17) is 24.4 Å². The van der Waals surface area contributed by atoms with Crippen LogP contribution >= 0.6 is 0 Å². The van der Waals surface area contributed by atoms with Crippen molar-refractivity contribution in [2.75, 3.05) is 13.2 Å². The molecule has 0 unspecified atom stereocenters. The van der Waals surface area contributed by atoms with Crippen LogP contribution in [0.5, 0.6) is 0 Å². The molecule has 0 spiro atoms. The fourth-order valence-corrected chi connectivity index (χ4v) is 2.56. The molecule has 2 saturated heterocycles. The highest BCUT2D eigenvalue weighted by Crippen LogP contribution is 2.28. The topological polar surface area (TPSA) is 190 Å². The fraction of sp³-hybridized carbons (Fsp3) is 1.00. The average molecular weight is 342 g/mol. The molecule has 8 N–H and O–H groups in total. The Labute approximate surface area is 130 Å². The summed E-state index contributed by atoms with van der Waals surface area (Å²) in [6.45, 7) is -1.34. The van der Waals surface area contributed by atoms with Gasteiger partial charge in [-0.05, 0) is 0 Å². The van der Waals surface area contributed by atoms with Crippen LogP contribution in [0, 0.1) is 0 Å². The van der Waals surface area contributed by atoms with Crippen molar-refractivity contribution in [1.29, 1.82) is 0 Å². The van der Waals surface area contributed by atoms with Crippen molar-refractivity contribution in [3.8, 4) is 0 Å². The van der Waals surface area contributed by atoms with E-state index in [2.05, 4.69) is 0 Å². The minimum Gasteiger partial charge on any atom is -0.394 e. The van der Waals surface area contributed by atoms with Crippen LogP contribution in [0.2, 0.25) is 0 Å². The van der Waals surface area contributed by atoms with Crippen molar-refractivity contribution in [2.45, 2.75) is 61.4 Å². The fourth-order valence-electron chi connectivity index (χ4n) is 2.56. The molecule has 0 aromatic carbocycles. The van der Waals surface area contributed by atoms with Crippen molar-refractivity contribution in [3.05, 3.63) is 0 Å². The molecule has 2 aliphatic rings. The summed E-state index contributed by atoms with van der Waals surface area (Å²) in [5.74, 6) is 0. The Morgan fingerprint density at radius 1 is 0.652 bits per heavy atom. The van der Waals surface area contributed by atoms with E-state index in [1.165, 1.54) is 0 Å². The zero-order valence-electron chi connectivity index (χ0n) is 12.0. The van der Waals surface area contributed by atoms with Gasteiger partial charge in [-0.3, -0.25) is 0 Å². The average Bonchev–Trinajstić information content (AvgIpc) is 2.54. The monoisotopic (exact) mass is 342 g/mol. The molecule has 0 aromatic heterocycles. The Kier molecular flexibility index (Phi) is 6.27. The normalized spacial score (nSPS) is 51.7. The molecule has 10 atom stereocenters. The molecule has 0 radical (unpaired) electrons. The third kappa shape index (κ3) is 3.65. The molecule has 0 bridgehead atoms. The molecular formula is C12H22O11. The summed E-state index contributed by atoms with van der Waals surface area (Å²) in [6, 6.07) is 0. The summed E-state index contributed by atoms with van der Waals surface area (Å²) in [7, 11) is 0. The second-order valence-corrected chi connectivity index (χ2v) is 5.53. The molecule has 2 fully saturated rings. The van der Waals surface area contributed by atoms with E-state index in [0.717, 1.165) is 0 Å². The lowest BCUT2D eigenvalue weighted by Gasteiger charge is -2.45. The first-order valence-electron chi connectivity index (χ1n) is 7.08. The van der Waals surface area contributed by atoms with Gasteiger partial charge in [0.15, 0.2) is 12.6 Å². The van der Waals surface area contributed by atoms with Crippen LogP contribution < -0.4 is 0 Å². The first-order valence-corrected chi connectivity index (χ1v) is 7.08. The van der Waals surface area contributed by atoms with Gasteiger partial charge < -0.3 is 55.1 Å². The molecule has 0 amide bonds. The predicted octanol–water partition coefficient (Wildman–Crippen LogP) is -5.40. The zero-order chi connectivity index (χ0) is 17.3. The van der Waals surface area contributed by atoms with Crippen LogP contribution in [-0.2, 0) is 14.2 Å². The van der Waals surface area contributed by atoms with Crippen LogP contribution in [0.25, 0.3) is 0 Å². The van der Waals surface area contributed by atoms with Crippen molar-refractivity contribution in [1.82, 2.24) is 0 Å². The third-order valence-corrected chi connectivity index (χ3v) is 3.98. The van der Waals surface area contributed by atoms with Crippen molar-refractivity contribution in [3.63, 3.8) is 0 Å². The lowest BCUT2D eigenvalue weighted by atomic mass is 9.97. The summed E-state index contributed by atoms with van der Waals surface area (Å²) in [6.07, 6.45) is -15.7. The van der Waals surface area contributed by atoms with Crippen molar-refractivity contribution in [2.24, 2.45) is 0 Å². The summed E-state index contributed by atoms with van der Waals surface area (Å²) in [5.41, 5.74) is 0. The van der Waals surface area contributed by atoms with Gasteiger partial charge in [-0.2, -0.15) is 0 Å². The predicted molar refractivity (Wildman–Crippen MR) is 68.6 cm³/mol. The molecular weight excluding hydrogens is 320 g/mol. The number of aliphatic hydroxyl groups excluding tert-OH is 8. The van der Waals surface area contributed by atoms with Crippen LogP contribution in [-0.4, -0.2) is 115 Å². The molecule has 0 aliphatic carbocycles. The van der Waals surface area contributed by atoms with Gasteiger partial charge in [0, 0.05) is 0 Å². The summed E-state index contributed by atoms with van der Waals surface area (Å²) < 4.78 is 15.1. The first-order chi connectivity index (χ1) is 10.8. The van der Waals surface area contributed by atoms with E-state index in [9.17, 15) is 30.6 Å². The third-order valence-electron chi connectivity index (χ3n) is 3.98. The van der Waals surface area contributed by atoms with Gasteiger partial charge in [0.25, 0.3) is 0 Å². The molecule has 2 heterocycles. The van der Waals surface area contributed by atoms with Gasteiger partial charge in [-0.25, -0.2) is 0 Å². The maximum absolute atomic E-state index is 10.00. The van der Waals surface area contributed by atoms with Gasteiger partial charge in [0.05, 0.1) is 13.2 Å². The van der Waals surface area contributed by atoms with E-state index < -0.39 is 74.6 Å². The quantitative estimate of drug-likeness (QED) is 0.243. The maximum atomic E-state index is 10.00. The van der Waals surface area contributed by atoms with E-state index in [0.29, 0.717) is 0 Å². The maximum Gasteiger partial charge on any atom is 0.187 e. The molecule has 11 heteroatoms. The smallest absolute Gasteiger partial charge is 0.187 e. The molecule has 11 nitrogen and oxygen atoms in total. The zero-order valence-corrected chi connectivity index (χ0v) is 12.0. The number of hydrogen-bond acceptors (Lipinski definition) is 11. The second kappa shape index (κ2) is 7.63. The van der Waals surface area contributed by atoms with Crippen molar-refractivity contribution < 1.29 is 55.1 Å². The Hall–Kier alpha value is -0.440. The van der Waals surface area contributed by atoms with Crippen LogP contribution in [0.4, 0.5) is 0 Å². The molecule has 0 aromatic rings. The van der Waals surface area contributed by atoms with E-state index in [1.54, 1.807) is 0 Å². The molecule has 2 rings (SSSR count). The van der Waals surface area contributed by atoms with Gasteiger partial charge in [-0.15, -0.1) is 0 Å². The molecule has 23 heavy (non-hydrogen) atoms. The van der Waals surface area contributed by atoms with Gasteiger partial charge in [0.2, 0.25) is 0 Å². The van der Waals surface area contributed by atoms with Crippen molar-refractivity contribution >= 4 is 0 Å². The summed E-state index contributed by atoms with van der Waals surface area (Å²) >= 11 is 0. The Bertz CT molecular complexity index is 380. The lowest BCUT2D eigenvalue weighted by Crippen LogP contribution is -2.64. The van der Waals surface area contributed by atoms with Gasteiger partial charge in [0.1, 0.15) is 48.8 Å². The number of rotatable bonds is 4. The van der Waals surface area contributed by atoms with Crippen LogP contribution in [0.3, 0.4) is 0 Å². The molecule has 2 aliphatic heterocycles. The van der Waals surface area contributed by atoms with Crippen LogP contribution in [0.15, 0.2) is 0 Å². The van der Waals surface area contributed by atoms with E-state index >= 15 is 0 Å². The standard InChI is InChI=1S/C12H22O11/c13-1-3-5(15)7(17)8(18)12(22-3)23-10-6(16)4(2-14)21-11(20)9(10)19/h3-20H,1-2H2/t3-,4-,5-,6-,7+,8-,9-,10+,11-,12-/m1/s1. The first kappa shape index (κ1) is 18.9. The number of ether oxygens (including phenoxy) is 3. The van der Waals surface area contributed by atoms with E-state index in [1.807, 2.05) is 0 Å². The molecule has 0 saturated carbocycles.